The van der Waals surface area contributed by atoms with Crippen LogP contribution in [0.2, 0.25) is 0 Å². The summed E-state index contributed by atoms with van der Waals surface area (Å²) in [5.74, 6) is 0.820. The lowest BCUT2D eigenvalue weighted by Gasteiger charge is -2.24. The van der Waals surface area contributed by atoms with Crippen LogP contribution >= 0.6 is 0 Å². The number of amides is 1. The number of H-pyrrole nitrogens is 1. The molecule has 3 aromatic rings. The van der Waals surface area contributed by atoms with E-state index < -0.39 is 5.92 Å². The summed E-state index contributed by atoms with van der Waals surface area (Å²) in [5, 5.41) is 19.5. The van der Waals surface area contributed by atoms with Crippen LogP contribution in [-0.2, 0) is 4.79 Å². The number of ether oxygens (including phenoxy) is 3. The molecule has 4 N–H and O–H groups in total. The van der Waals surface area contributed by atoms with Crippen molar-refractivity contribution in [2.24, 2.45) is 5.73 Å². The zero-order chi connectivity index (χ0) is 23.4. The van der Waals surface area contributed by atoms with Crippen LogP contribution in [0.4, 0.5) is 5.69 Å². The van der Waals surface area contributed by atoms with E-state index in [1.807, 2.05) is 19.9 Å². The van der Waals surface area contributed by atoms with Crippen molar-refractivity contribution in [3.8, 4) is 23.4 Å². The van der Waals surface area contributed by atoms with E-state index in [-0.39, 0.29) is 24.0 Å². The predicted molar refractivity (Wildman–Crippen MR) is 121 cm³/mol. The number of hydrogen-bond donors (Lipinski definition) is 3. The maximum atomic E-state index is 12.3. The van der Waals surface area contributed by atoms with E-state index in [0.717, 1.165) is 22.6 Å². The molecule has 0 fully saturated rings. The number of carbonyl (C=O) groups excluding carboxylic acids is 1. The summed E-state index contributed by atoms with van der Waals surface area (Å²) in [4.78, 5) is 12.3. The second kappa shape index (κ2) is 9.36. The number of aryl methyl sites for hydroxylation is 1. The highest BCUT2D eigenvalue weighted by Gasteiger charge is 2.34. The van der Waals surface area contributed by atoms with Crippen molar-refractivity contribution in [1.82, 2.24) is 10.2 Å². The number of nitrogens with one attached hydrogen (secondary N) is 2. The van der Waals surface area contributed by atoms with E-state index in [0.29, 0.717) is 23.9 Å². The second-order valence-electron chi connectivity index (χ2n) is 7.36. The van der Waals surface area contributed by atoms with E-state index in [1.165, 1.54) is 0 Å². The van der Waals surface area contributed by atoms with Crippen LogP contribution < -0.4 is 25.3 Å². The van der Waals surface area contributed by atoms with Crippen LogP contribution in [0.25, 0.3) is 0 Å². The monoisotopic (exact) mass is 445 g/mol. The molecule has 1 aliphatic heterocycles. The highest BCUT2D eigenvalue weighted by molar-refractivity contribution is 5.91. The van der Waals surface area contributed by atoms with Gasteiger partial charge >= 0.3 is 0 Å². The van der Waals surface area contributed by atoms with Gasteiger partial charge < -0.3 is 25.3 Å². The van der Waals surface area contributed by atoms with E-state index in [4.69, 9.17) is 19.9 Å². The van der Waals surface area contributed by atoms with Gasteiger partial charge in [0.05, 0.1) is 12.5 Å². The number of rotatable bonds is 7. The van der Waals surface area contributed by atoms with Crippen molar-refractivity contribution in [3.63, 3.8) is 0 Å². The lowest BCUT2D eigenvalue weighted by Crippen LogP contribution is -2.21. The number of allylic oxidation sites excluding steroid dienone is 1. The van der Waals surface area contributed by atoms with Crippen LogP contribution in [-0.4, -0.2) is 29.3 Å². The third kappa shape index (κ3) is 4.60. The van der Waals surface area contributed by atoms with Gasteiger partial charge in [-0.15, -0.1) is 5.10 Å². The van der Waals surface area contributed by atoms with Crippen LogP contribution in [0.1, 0.15) is 29.7 Å². The van der Waals surface area contributed by atoms with Gasteiger partial charge in [-0.2, -0.15) is 5.26 Å². The van der Waals surface area contributed by atoms with Crippen LogP contribution in [0.3, 0.4) is 0 Å². The normalized spacial score (nSPS) is 14.6. The third-order valence-corrected chi connectivity index (χ3v) is 5.14. The lowest BCUT2D eigenvalue weighted by atomic mass is 9.84. The molecule has 0 radical (unpaired) electrons. The smallest absolute Gasteiger partial charge is 0.262 e. The summed E-state index contributed by atoms with van der Waals surface area (Å²) in [5.41, 5.74) is 9.19. The first kappa shape index (κ1) is 21.8. The molecule has 0 bridgehead atoms. The van der Waals surface area contributed by atoms with Crippen molar-refractivity contribution in [3.05, 3.63) is 76.8 Å². The number of nitrogens with two attached hydrogens (primary N) is 1. The Balaban J connectivity index is 1.48. The molecule has 9 nitrogen and oxygen atoms in total. The number of nitrogens with zero attached hydrogens (tertiary/aromatic N) is 2. The third-order valence-electron chi connectivity index (χ3n) is 5.14. The fraction of sp³-hybridized carbons (Fsp3) is 0.208. The molecule has 2 aromatic carbocycles. The van der Waals surface area contributed by atoms with Crippen LogP contribution in [0.15, 0.2) is 60.0 Å². The zero-order valence-electron chi connectivity index (χ0n) is 18.2. The summed E-state index contributed by atoms with van der Waals surface area (Å²) in [6, 6.07) is 16.4. The van der Waals surface area contributed by atoms with E-state index in [9.17, 15) is 10.1 Å². The predicted octanol–water partition coefficient (Wildman–Crippen LogP) is 3.35. The molecule has 1 atom stereocenters. The van der Waals surface area contributed by atoms with Crippen LogP contribution in [0, 0.1) is 18.3 Å². The number of aromatic amines is 1. The molecule has 0 aliphatic carbocycles. The average Bonchev–Trinajstić information content (AvgIpc) is 3.18. The summed E-state index contributed by atoms with van der Waals surface area (Å²) < 4.78 is 16.6. The van der Waals surface area contributed by atoms with Gasteiger partial charge in [-0.3, -0.25) is 9.89 Å². The largest absolute Gasteiger partial charge is 0.494 e. The average molecular weight is 445 g/mol. The minimum absolute atomic E-state index is 0.0163. The standard InChI is InChI=1S/C24H23N5O4/c1-3-31-17-9-7-16(8-10-17)27-20(30)13-32-18-6-4-5-15(11-18)22-19(12-25)23(26)33-24-21(22)14(2)28-29-24/h4-11,22H,3,13,26H2,1-2H3,(H,27,30)(H,28,29). The molecule has 0 saturated carbocycles. The van der Waals surface area contributed by atoms with Crippen molar-refractivity contribution in [2.75, 3.05) is 18.5 Å². The minimum atomic E-state index is -0.460. The van der Waals surface area contributed by atoms with Gasteiger partial charge in [0.15, 0.2) is 6.61 Å². The molecular formula is C24H23N5O4. The second-order valence-corrected chi connectivity index (χ2v) is 7.36. The molecule has 9 heteroatoms. The zero-order valence-corrected chi connectivity index (χ0v) is 18.2. The number of fused-ring (bicyclic) bond motifs is 1. The molecule has 2 heterocycles. The van der Waals surface area contributed by atoms with Gasteiger partial charge in [0.25, 0.3) is 5.91 Å². The maximum absolute atomic E-state index is 12.3. The molecule has 1 amide bonds. The lowest BCUT2D eigenvalue weighted by molar-refractivity contribution is -0.118. The first-order chi connectivity index (χ1) is 16.0. The Morgan fingerprint density at radius 2 is 2.03 bits per heavy atom. The van der Waals surface area contributed by atoms with Gasteiger partial charge in [-0.1, -0.05) is 12.1 Å². The maximum Gasteiger partial charge on any atom is 0.262 e. The Labute approximate surface area is 190 Å². The van der Waals surface area contributed by atoms with Gasteiger partial charge in [-0.25, -0.2) is 0 Å². The SMILES string of the molecule is CCOc1ccc(NC(=O)COc2cccc(C3C(C#N)=C(N)Oc4n[nH]c(C)c43)c2)cc1. The molecule has 4 rings (SSSR count). The van der Waals surface area contributed by atoms with Crippen molar-refractivity contribution >= 4 is 11.6 Å². The van der Waals surface area contributed by atoms with E-state index in [1.54, 1.807) is 42.5 Å². The molecule has 0 spiro atoms. The minimum Gasteiger partial charge on any atom is -0.494 e. The Morgan fingerprint density at radius 3 is 2.76 bits per heavy atom. The fourth-order valence-corrected chi connectivity index (χ4v) is 3.66. The topological polar surface area (TPSA) is 135 Å². The van der Waals surface area contributed by atoms with Gasteiger partial charge in [-0.05, 0) is 55.8 Å². The highest BCUT2D eigenvalue weighted by Crippen LogP contribution is 2.43. The molecule has 1 unspecified atom stereocenters. The summed E-state index contributed by atoms with van der Waals surface area (Å²) in [7, 11) is 0. The Bertz CT molecular complexity index is 1240. The van der Waals surface area contributed by atoms with E-state index >= 15 is 0 Å². The van der Waals surface area contributed by atoms with Crippen molar-refractivity contribution in [2.45, 2.75) is 19.8 Å². The summed E-state index contributed by atoms with van der Waals surface area (Å²) >= 11 is 0. The number of nitriles is 1. The van der Waals surface area contributed by atoms with Crippen molar-refractivity contribution < 1.29 is 19.0 Å². The molecule has 0 saturated heterocycles. The fourth-order valence-electron chi connectivity index (χ4n) is 3.66. The first-order valence-corrected chi connectivity index (χ1v) is 10.4. The van der Waals surface area contributed by atoms with Crippen LogP contribution in [0.5, 0.6) is 17.4 Å². The van der Waals surface area contributed by atoms with Crippen molar-refractivity contribution in [1.29, 1.82) is 5.26 Å². The number of aromatic nitrogens is 2. The Morgan fingerprint density at radius 1 is 1.24 bits per heavy atom. The Hall–Kier alpha value is -4.45. The number of anilines is 1. The van der Waals surface area contributed by atoms with E-state index in [2.05, 4.69) is 21.6 Å². The highest BCUT2D eigenvalue weighted by atomic mass is 16.5. The summed E-state index contributed by atoms with van der Waals surface area (Å²) in [6.45, 7) is 4.16. The van der Waals surface area contributed by atoms with Gasteiger partial charge in [0.1, 0.15) is 23.1 Å². The quantitative estimate of drug-likeness (QED) is 0.507. The summed E-state index contributed by atoms with van der Waals surface area (Å²) in [6.07, 6.45) is 0. The number of benzene rings is 2. The number of carbonyl (C=O) groups is 1. The first-order valence-electron chi connectivity index (χ1n) is 10.4. The number of hydrogen-bond acceptors (Lipinski definition) is 7. The molecule has 33 heavy (non-hydrogen) atoms. The molecule has 1 aliphatic rings. The molecular weight excluding hydrogens is 422 g/mol. The van der Waals surface area contributed by atoms with Gasteiger partial charge in [0, 0.05) is 16.9 Å². The van der Waals surface area contributed by atoms with Gasteiger partial charge in [0.2, 0.25) is 11.8 Å². The Kier molecular flexibility index (Phi) is 6.17. The molecule has 168 valence electrons. The molecule has 1 aromatic heterocycles.